The Morgan fingerprint density at radius 3 is 1.60 bits per heavy atom. The summed E-state index contributed by atoms with van der Waals surface area (Å²) in [5, 5.41) is 7.84. The summed E-state index contributed by atoms with van der Waals surface area (Å²) in [6.07, 6.45) is -4.45. The number of carbonyl (C=O) groups is 2. The summed E-state index contributed by atoms with van der Waals surface area (Å²) < 4.78 is 101. The molecule has 0 saturated carbocycles. The van der Waals surface area contributed by atoms with E-state index < -0.39 is 43.0 Å². The van der Waals surface area contributed by atoms with Crippen molar-refractivity contribution in [1.82, 2.24) is 33.7 Å². The van der Waals surface area contributed by atoms with Crippen LogP contribution in [0.3, 0.4) is 0 Å². The lowest BCUT2D eigenvalue weighted by Crippen LogP contribution is -2.31. The molecular formula is C36H43ClF3N7O8S2. The molecule has 2 aromatic carbocycles. The predicted octanol–water partition coefficient (Wildman–Crippen LogP) is 5.97. The molecule has 2 aromatic heterocycles. The van der Waals surface area contributed by atoms with Crippen molar-refractivity contribution in [1.29, 1.82) is 0 Å². The zero-order valence-electron chi connectivity index (χ0n) is 31.9. The number of nitrogens with zero attached hydrogens (tertiary/aromatic N) is 7. The number of fused-ring (bicyclic) bond motifs is 2. The van der Waals surface area contributed by atoms with Crippen LogP contribution >= 0.6 is 10.7 Å². The molecule has 0 saturated heterocycles. The highest BCUT2D eigenvalue weighted by atomic mass is 35.7. The van der Waals surface area contributed by atoms with Gasteiger partial charge in [-0.15, -0.1) is 0 Å². The topological polar surface area (TPSA) is 166 Å². The normalized spacial score (nSPS) is 14.8. The number of aromatic nitrogens is 4. The molecule has 6 rings (SSSR count). The molecule has 0 bridgehead atoms. The lowest BCUT2D eigenvalue weighted by Gasteiger charge is -2.19. The van der Waals surface area contributed by atoms with Gasteiger partial charge in [0.2, 0.25) is 0 Å². The van der Waals surface area contributed by atoms with E-state index in [1.54, 1.807) is 9.58 Å². The fourth-order valence-corrected chi connectivity index (χ4v) is 7.91. The maximum absolute atomic E-state index is 12.9. The van der Waals surface area contributed by atoms with Crippen LogP contribution in [0.2, 0.25) is 0 Å². The first-order chi connectivity index (χ1) is 26.6. The summed E-state index contributed by atoms with van der Waals surface area (Å²) in [6, 6.07) is 12.3. The van der Waals surface area contributed by atoms with Gasteiger partial charge in [0.05, 0.1) is 30.0 Å². The minimum absolute atomic E-state index is 0.00190. The second-order valence-electron chi connectivity index (χ2n) is 14.0. The molecule has 2 amide bonds. The van der Waals surface area contributed by atoms with E-state index in [0.29, 0.717) is 56.0 Å². The van der Waals surface area contributed by atoms with Gasteiger partial charge in [-0.05, 0) is 56.9 Å². The largest absolute Gasteiger partial charge is 0.445 e. The Kier molecular flexibility index (Phi) is 13.3. The van der Waals surface area contributed by atoms with E-state index in [2.05, 4.69) is 16.3 Å². The van der Waals surface area contributed by atoms with Crippen molar-refractivity contribution in [3.05, 3.63) is 93.3 Å². The minimum atomic E-state index is -4.49. The van der Waals surface area contributed by atoms with Crippen LogP contribution in [-0.2, 0) is 74.1 Å². The highest BCUT2D eigenvalue weighted by Crippen LogP contribution is 2.31. The zero-order valence-corrected chi connectivity index (χ0v) is 34.3. The third-order valence-electron chi connectivity index (χ3n) is 8.97. The molecular weight excluding hydrogens is 815 g/mol. The number of rotatable bonds is 7. The zero-order chi connectivity index (χ0) is 41.9. The van der Waals surface area contributed by atoms with Gasteiger partial charge in [0.1, 0.15) is 13.2 Å². The standard InChI is InChI=1S/C19H26N4O4S.C17H17ClF3N3O4S/c1-14-8-15(2)10-16(9-14)13-27-19(24)22-6-5-7-23-17(12-22)11-18(20-23)28(25,26)21(3)4;1-11-5-12(7-13(6-11)17(19,20)21)10-28-16(25)23-3-2-4-24-14(9-23)8-15(22-24)29(18,26)27/h8-11H,5-7,12-13H2,1-4H3;5-8H,2-4,9-10H2,1H3. The number of carbonyl (C=O) groups excluding carboxylic acids is 2. The highest BCUT2D eigenvalue weighted by molar-refractivity contribution is 8.13. The van der Waals surface area contributed by atoms with Gasteiger partial charge in [-0.3, -0.25) is 9.36 Å². The first-order valence-electron chi connectivity index (χ1n) is 17.7. The van der Waals surface area contributed by atoms with Crippen LogP contribution in [0, 0.1) is 20.8 Å². The number of hydrogen-bond donors (Lipinski definition) is 0. The third kappa shape index (κ3) is 11.3. The first-order valence-corrected chi connectivity index (χ1v) is 21.4. The van der Waals surface area contributed by atoms with E-state index in [1.807, 2.05) is 26.0 Å². The van der Waals surface area contributed by atoms with E-state index in [0.717, 1.165) is 33.1 Å². The molecule has 15 nitrogen and oxygen atoms in total. The number of ether oxygens (including phenoxy) is 2. The smallest absolute Gasteiger partial charge is 0.416 e. The summed E-state index contributed by atoms with van der Waals surface area (Å²) in [7, 11) is 0.634. The molecule has 0 aliphatic carbocycles. The van der Waals surface area contributed by atoms with Gasteiger partial charge < -0.3 is 19.3 Å². The van der Waals surface area contributed by atoms with Crippen LogP contribution in [0.4, 0.5) is 22.8 Å². The van der Waals surface area contributed by atoms with Gasteiger partial charge in [-0.25, -0.2) is 30.7 Å². The van der Waals surface area contributed by atoms with Crippen molar-refractivity contribution in [2.75, 3.05) is 27.2 Å². The van der Waals surface area contributed by atoms with Gasteiger partial charge in [0, 0.05) is 63.1 Å². The number of aryl methyl sites for hydroxylation is 5. The quantitative estimate of drug-likeness (QED) is 0.202. The first kappa shape index (κ1) is 43.5. The monoisotopic (exact) mass is 857 g/mol. The fraction of sp³-hybridized carbons (Fsp3) is 0.444. The summed E-state index contributed by atoms with van der Waals surface area (Å²) in [4.78, 5) is 27.9. The van der Waals surface area contributed by atoms with Crippen LogP contribution in [0.15, 0.2) is 58.6 Å². The lowest BCUT2D eigenvalue weighted by molar-refractivity contribution is -0.137. The van der Waals surface area contributed by atoms with Gasteiger partial charge in [-0.2, -0.15) is 23.4 Å². The molecule has 2 aliphatic rings. The Morgan fingerprint density at radius 1 is 0.702 bits per heavy atom. The Hall–Kier alpha value is -4.66. The molecule has 0 spiro atoms. The Balaban J connectivity index is 0.000000218. The van der Waals surface area contributed by atoms with Crippen molar-refractivity contribution >= 4 is 41.9 Å². The van der Waals surface area contributed by atoms with Crippen molar-refractivity contribution in [2.45, 2.75) is 89.2 Å². The van der Waals surface area contributed by atoms with Crippen molar-refractivity contribution < 1.29 is 49.1 Å². The average Bonchev–Trinajstić information content (AvgIpc) is 3.59. The molecule has 21 heteroatoms. The SMILES string of the molecule is Cc1cc(C)cc(COC(=O)N2CCCn3nc(S(=O)(=O)N(C)C)cc3C2)c1.Cc1cc(COC(=O)N2CCCn3nc(S(=O)(=O)Cl)cc3C2)cc(C(F)(F)F)c1. The number of alkyl halides is 3. The molecule has 2 aliphatic heterocycles. The van der Waals surface area contributed by atoms with E-state index in [-0.39, 0.29) is 41.9 Å². The van der Waals surface area contributed by atoms with Gasteiger partial charge >= 0.3 is 18.4 Å². The molecule has 310 valence electrons. The van der Waals surface area contributed by atoms with Crippen LogP contribution in [0.5, 0.6) is 0 Å². The maximum atomic E-state index is 12.9. The van der Waals surface area contributed by atoms with Crippen LogP contribution < -0.4 is 0 Å². The fourth-order valence-electron chi connectivity index (χ4n) is 6.35. The number of hydrogen-bond acceptors (Lipinski definition) is 10. The second kappa shape index (κ2) is 17.5. The molecule has 0 atom stereocenters. The van der Waals surface area contributed by atoms with Crippen LogP contribution in [-0.4, -0.2) is 89.9 Å². The van der Waals surface area contributed by atoms with E-state index >= 15 is 0 Å². The molecule has 4 aromatic rings. The molecule has 4 heterocycles. The highest BCUT2D eigenvalue weighted by Gasteiger charge is 2.31. The Labute approximate surface area is 333 Å². The minimum Gasteiger partial charge on any atom is -0.445 e. The van der Waals surface area contributed by atoms with Gasteiger partial charge in [-0.1, -0.05) is 41.0 Å². The van der Waals surface area contributed by atoms with Crippen molar-refractivity contribution in [2.24, 2.45) is 0 Å². The van der Waals surface area contributed by atoms with Gasteiger partial charge in [0.25, 0.3) is 19.1 Å². The lowest BCUT2D eigenvalue weighted by atomic mass is 10.1. The molecule has 0 radical (unpaired) electrons. The van der Waals surface area contributed by atoms with E-state index in [9.17, 15) is 39.6 Å². The number of halogens is 4. The summed E-state index contributed by atoms with van der Waals surface area (Å²) >= 11 is 0. The molecule has 0 fully saturated rings. The van der Waals surface area contributed by atoms with E-state index in [1.165, 1.54) is 48.8 Å². The Morgan fingerprint density at radius 2 is 1.14 bits per heavy atom. The Bertz CT molecular complexity index is 2330. The van der Waals surface area contributed by atoms with Crippen LogP contribution in [0.25, 0.3) is 0 Å². The second-order valence-corrected chi connectivity index (χ2v) is 18.6. The number of amides is 2. The summed E-state index contributed by atoms with van der Waals surface area (Å²) in [5.74, 6) is 0. The summed E-state index contributed by atoms with van der Waals surface area (Å²) in [6.45, 7) is 7.54. The summed E-state index contributed by atoms with van der Waals surface area (Å²) in [5.41, 5.74) is 4.16. The van der Waals surface area contributed by atoms with Crippen LogP contribution in [0.1, 0.15) is 57.6 Å². The van der Waals surface area contributed by atoms with E-state index in [4.69, 9.17) is 20.2 Å². The third-order valence-corrected chi connectivity index (χ3v) is 11.8. The van der Waals surface area contributed by atoms with Crippen molar-refractivity contribution in [3.63, 3.8) is 0 Å². The van der Waals surface area contributed by atoms with Gasteiger partial charge in [0.15, 0.2) is 10.1 Å². The molecule has 0 unspecified atom stereocenters. The predicted molar refractivity (Wildman–Crippen MR) is 201 cm³/mol. The average molecular weight is 858 g/mol. The van der Waals surface area contributed by atoms with Crippen molar-refractivity contribution in [3.8, 4) is 0 Å². The maximum Gasteiger partial charge on any atom is 0.416 e. The number of benzene rings is 2. The number of sulfonamides is 1. The molecule has 0 N–H and O–H groups in total. The molecule has 57 heavy (non-hydrogen) atoms.